The van der Waals surface area contributed by atoms with Crippen LogP contribution in [0.4, 0.5) is 0 Å². The maximum atomic E-state index is 9.71. The van der Waals surface area contributed by atoms with Gasteiger partial charge in [0.2, 0.25) is 0 Å². The van der Waals surface area contributed by atoms with Gasteiger partial charge in [0.1, 0.15) is 6.10 Å². The third-order valence-corrected chi connectivity index (χ3v) is 1.26. The molecule has 1 aliphatic heterocycles. The summed E-state index contributed by atoms with van der Waals surface area (Å²) in [5.74, 6) is 0. The minimum absolute atomic E-state index is 0.132. The van der Waals surface area contributed by atoms with Crippen molar-refractivity contribution in [2.75, 3.05) is 13.1 Å². The Hall–Kier alpha value is -0.570. The van der Waals surface area contributed by atoms with Crippen LogP contribution in [0.3, 0.4) is 0 Å². The van der Waals surface area contributed by atoms with Gasteiger partial charge in [-0.25, -0.2) is 0 Å². The fourth-order valence-corrected chi connectivity index (χ4v) is 0.823. The summed E-state index contributed by atoms with van der Waals surface area (Å²) in [4.78, 5) is 9.71. The zero-order chi connectivity index (χ0) is 5.82. The van der Waals surface area contributed by atoms with Crippen molar-refractivity contribution < 1.29 is 9.53 Å². The molecule has 0 bridgehead atoms. The van der Waals surface area contributed by atoms with Crippen molar-refractivity contribution in [3.8, 4) is 0 Å². The van der Waals surface area contributed by atoms with E-state index in [9.17, 15) is 4.79 Å². The summed E-state index contributed by atoms with van der Waals surface area (Å²) in [6, 6.07) is 0. The Labute approximate surface area is 48.0 Å². The van der Waals surface area contributed by atoms with Crippen LogP contribution >= 0.6 is 0 Å². The Morgan fingerprint density at radius 1 is 1.75 bits per heavy atom. The van der Waals surface area contributed by atoms with E-state index in [1.807, 2.05) is 0 Å². The fourth-order valence-electron chi connectivity index (χ4n) is 0.823. The van der Waals surface area contributed by atoms with Crippen LogP contribution in [-0.4, -0.2) is 25.7 Å². The van der Waals surface area contributed by atoms with Crippen molar-refractivity contribution in [2.24, 2.45) is 0 Å². The van der Waals surface area contributed by atoms with Crippen LogP contribution in [0.15, 0.2) is 0 Å². The molecule has 1 rings (SSSR count). The third-order valence-electron chi connectivity index (χ3n) is 1.26. The summed E-state index contributed by atoms with van der Waals surface area (Å²) < 4.78 is 4.66. The molecule has 0 aliphatic carbocycles. The van der Waals surface area contributed by atoms with Gasteiger partial charge in [0.15, 0.2) is 0 Å². The summed E-state index contributed by atoms with van der Waals surface area (Å²) in [5.41, 5.74) is 0. The lowest BCUT2D eigenvalue weighted by atomic mass is 10.3. The van der Waals surface area contributed by atoms with Crippen molar-refractivity contribution in [2.45, 2.75) is 12.5 Å². The van der Waals surface area contributed by atoms with Gasteiger partial charge in [0, 0.05) is 6.54 Å². The quantitative estimate of drug-likeness (QED) is 0.494. The molecule has 0 spiro atoms. The largest absolute Gasteiger partial charge is 0.463 e. The van der Waals surface area contributed by atoms with Gasteiger partial charge in [0.25, 0.3) is 6.47 Å². The number of ether oxygens (including phenoxy) is 1. The first-order chi connectivity index (χ1) is 3.93. The van der Waals surface area contributed by atoms with Gasteiger partial charge in [-0.05, 0) is 13.0 Å². The lowest BCUT2D eigenvalue weighted by molar-refractivity contribution is -0.132. The van der Waals surface area contributed by atoms with Crippen LogP contribution in [0.1, 0.15) is 6.42 Å². The number of rotatable bonds is 2. The number of hydrogen-bond acceptors (Lipinski definition) is 3. The third kappa shape index (κ3) is 1.20. The number of carbonyl (C=O) groups is 1. The summed E-state index contributed by atoms with van der Waals surface area (Å²) in [5, 5.41) is 3.07. The molecule has 3 heteroatoms. The van der Waals surface area contributed by atoms with Gasteiger partial charge in [0.05, 0.1) is 0 Å². The van der Waals surface area contributed by atoms with E-state index in [0.717, 1.165) is 19.5 Å². The normalized spacial score (nSPS) is 27.8. The van der Waals surface area contributed by atoms with Gasteiger partial charge in [-0.1, -0.05) is 0 Å². The Balaban J connectivity index is 2.14. The Morgan fingerprint density at radius 2 is 2.62 bits per heavy atom. The summed E-state index contributed by atoms with van der Waals surface area (Å²) in [6.07, 6.45) is 1.09. The van der Waals surface area contributed by atoms with Crippen molar-refractivity contribution >= 4 is 6.47 Å². The van der Waals surface area contributed by atoms with E-state index in [1.54, 1.807) is 0 Å². The molecule has 0 amide bonds. The van der Waals surface area contributed by atoms with Crippen LogP contribution < -0.4 is 5.32 Å². The van der Waals surface area contributed by atoms with Crippen molar-refractivity contribution in [3.05, 3.63) is 0 Å². The van der Waals surface area contributed by atoms with E-state index in [-0.39, 0.29) is 6.10 Å². The summed E-state index contributed by atoms with van der Waals surface area (Å²) in [7, 11) is 0. The molecular formula is C5H9NO2. The molecule has 1 heterocycles. The highest BCUT2D eigenvalue weighted by Crippen LogP contribution is 1.99. The maximum Gasteiger partial charge on any atom is 0.293 e. The van der Waals surface area contributed by atoms with Crippen molar-refractivity contribution in [3.63, 3.8) is 0 Å². The smallest absolute Gasteiger partial charge is 0.293 e. The highest BCUT2D eigenvalue weighted by Gasteiger charge is 2.13. The van der Waals surface area contributed by atoms with Crippen LogP contribution in [0.2, 0.25) is 0 Å². The van der Waals surface area contributed by atoms with Gasteiger partial charge in [-0.3, -0.25) is 4.79 Å². The molecule has 8 heavy (non-hydrogen) atoms. The zero-order valence-corrected chi connectivity index (χ0v) is 4.59. The second-order valence-electron chi connectivity index (χ2n) is 1.85. The molecule has 1 atom stereocenters. The Morgan fingerprint density at radius 3 is 3.12 bits per heavy atom. The first kappa shape index (κ1) is 5.56. The molecule has 1 aliphatic rings. The molecule has 46 valence electrons. The second kappa shape index (κ2) is 2.67. The minimum Gasteiger partial charge on any atom is -0.463 e. The van der Waals surface area contributed by atoms with E-state index in [0.29, 0.717) is 6.47 Å². The van der Waals surface area contributed by atoms with Crippen LogP contribution in [0, 0.1) is 0 Å². The molecule has 3 nitrogen and oxygen atoms in total. The molecule has 0 unspecified atom stereocenters. The standard InChI is InChI=1S/C5H9NO2/c7-4-8-5-1-2-6-3-5/h4-6H,1-3H2/t5-/m1/s1. The fraction of sp³-hybridized carbons (Fsp3) is 0.800. The number of nitrogens with one attached hydrogen (secondary N) is 1. The number of hydrogen-bond donors (Lipinski definition) is 1. The second-order valence-corrected chi connectivity index (χ2v) is 1.85. The van der Waals surface area contributed by atoms with E-state index < -0.39 is 0 Å². The van der Waals surface area contributed by atoms with E-state index in [1.165, 1.54) is 0 Å². The SMILES string of the molecule is O=CO[C@@H]1CCNC1. The maximum absolute atomic E-state index is 9.71. The van der Waals surface area contributed by atoms with Crippen molar-refractivity contribution in [1.29, 1.82) is 0 Å². The van der Waals surface area contributed by atoms with Crippen LogP contribution in [0.25, 0.3) is 0 Å². The number of carbonyl (C=O) groups excluding carboxylic acids is 1. The molecule has 1 fully saturated rings. The molecule has 0 aromatic carbocycles. The topological polar surface area (TPSA) is 38.3 Å². The monoisotopic (exact) mass is 115 g/mol. The highest BCUT2D eigenvalue weighted by atomic mass is 16.5. The Bertz CT molecular complexity index is 78.5. The van der Waals surface area contributed by atoms with E-state index in [2.05, 4.69) is 10.1 Å². The van der Waals surface area contributed by atoms with Gasteiger partial charge in [-0.2, -0.15) is 0 Å². The summed E-state index contributed by atoms with van der Waals surface area (Å²) in [6.45, 7) is 2.30. The molecule has 1 saturated heterocycles. The average molecular weight is 115 g/mol. The first-order valence-corrected chi connectivity index (χ1v) is 2.73. The lowest BCUT2D eigenvalue weighted by Crippen LogP contribution is -2.15. The van der Waals surface area contributed by atoms with Crippen molar-refractivity contribution in [1.82, 2.24) is 5.32 Å². The van der Waals surface area contributed by atoms with E-state index in [4.69, 9.17) is 0 Å². The van der Waals surface area contributed by atoms with Crippen LogP contribution in [-0.2, 0) is 9.53 Å². The predicted octanol–water partition coefficient (Wildman–Crippen LogP) is -0.479. The van der Waals surface area contributed by atoms with E-state index >= 15 is 0 Å². The molecule has 0 radical (unpaired) electrons. The van der Waals surface area contributed by atoms with Gasteiger partial charge >= 0.3 is 0 Å². The molecular weight excluding hydrogens is 106 g/mol. The minimum atomic E-state index is 0.132. The first-order valence-electron chi connectivity index (χ1n) is 2.73. The molecule has 0 aromatic rings. The van der Waals surface area contributed by atoms with Gasteiger partial charge < -0.3 is 10.1 Å². The molecule has 1 N–H and O–H groups in total. The molecule has 0 aromatic heterocycles. The Kier molecular flexibility index (Phi) is 1.86. The predicted molar refractivity (Wildman–Crippen MR) is 28.4 cm³/mol. The average Bonchev–Trinajstić information content (AvgIpc) is 2.19. The van der Waals surface area contributed by atoms with Gasteiger partial charge in [-0.15, -0.1) is 0 Å². The lowest BCUT2D eigenvalue weighted by Gasteiger charge is -2.02. The highest BCUT2D eigenvalue weighted by molar-refractivity contribution is 5.37. The van der Waals surface area contributed by atoms with Crippen LogP contribution in [0.5, 0.6) is 0 Å². The zero-order valence-electron chi connectivity index (χ0n) is 4.59. The molecule has 0 saturated carbocycles. The summed E-state index contributed by atoms with van der Waals surface area (Å²) >= 11 is 0.